The molecule has 0 unspecified atom stereocenters. The fraction of sp³-hybridized carbons (Fsp3) is 0.500. The fourth-order valence-electron chi connectivity index (χ4n) is 1.14. The molecule has 0 N–H and O–H groups in total. The van der Waals surface area contributed by atoms with Crippen LogP contribution in [-0.4, -0.2) is 22.7 Å². The molecule has 0 aromatic carbocycles. The normalized spacial score (nSPS) is 11.5. The van der Waals surface area contributed by atoms with Gasteiger partial charge >= 0.3 is 5.97 Å². The summed E-state index contributed by atoms with van der Waals surface area (Å²) in [6.07, 6.45) is 0. The van der Waals surface area contributed by atoms with Crippen LogP contribution in [0.2, 0.25) is 0 Å². The number of hydrogen-bond acceptors (Lipinski definition) is 4. The molecular formula is C10H15NO4. The second kappa shape index (κ2) is 5.29. The Morgan fingerprint density at radius 2 is 1.27 bits per heavy atom. The SMILES string of the molecule is CC(=O)O/C(C)=C(/C)N(C(C)=O)C(C)=O. The van der Waals surface area contributed by atoms with Crippen LogP contribution in [-0.2, 0) is 19.1 Å². The van der Waals surface area contributed by atoms with Gasteiger partial charge in [0, 0.05) is 20.8 Å². The lowest BCUT2D eigenvalue weighted by Crippen LogP contribution is -2.32. The first kappa shape index (κ1) is 13.4. The van der Waals surface area contributed by atoms with Crippen molar-refractivity contribution in [1.29, 1.82) is 0 Å². The van der Waals surface area contributed by atoms with E-state index in [1.807, 2.05) is 0 Å². The van der Waals surface area contributed by atoms with Crippen molar-refractivity contribution >= 4 is 17.8 Å². The highest BCUT2D eigenvalue weighted by Gasteiger charge is 2.18. The van der Waals surface area contributed by atoms with Gasteiger partial charge < -0.3 is 4.74 Å². The lowest BCUT2D eigenvalue weighted by molar-refractivity contribution is -0.142. The van der Waals surface area contributed by atoms with Gasteiger partial charge in [0.05, 0.1) is 5.70 Å². The van der Waals surface area contributed by atoms with Crippen LogP contribution >= 0.6 is 0 Å². The van der Waals surface area contributed by atoms with Crippen LogP contribution in [0.1, 0.15) is 34.6 Å². The Labute approximate surface area is 88.7 Å². The Morgan fingerprint density at radius 3 is 1.53 bits per heavy atom. The highest BCUT2D eigenvalue weighted by atomic mass is 16.5. The van der Waals surface area contributed by atoms with Crippen molar-refractivity contribution < 1.29 is 19.1 Å². The second-order valence-electron chi connectivity index (χ2n) is 3.11. The van der Waals surface area contributed by atoms with Crippen LogP contribution in [0.4, 0.5) is 0 Å². The van der Waals surface area contributed by atoms with E-state index >= 15 is 0 Å². The smallest absolute Gasteiger partial charge is 0.307 e. The van der Waals surface area contributed by atoms with E-state index in [0.717, 1.165) is 4.90 Å². The quantitative estimate of drug-likeness (QED) is 0.510. The third-order valence-electron chi connectivity index (χ3n) is 1.77. The summed E-state index contributed by atoms with van der Waals surface area (Å²) in [6, 6.07) is 0. The van der Waals surface area contributed by atoms with E-state index in [0.29, 0.717) is 5.70 Å². The summed E-state index contributed by atoms with van der Waals surface area (Å²) in [5.74, 6) is -1.06. The van der Waals surface area contributed by atoms with Gasteiger partial charge in [-0.3, -0.25) is 19.3 Å². The molecule has 0 saturated heterocycles. The number of nitrogens with zero attached hydrogens (tertiary/aromatic N) is 1. The first-order valence-electron chi connectivity index (χ1n) is 4.44. The molecule has 0 aliphatic rings. The molecule has 0 heterocycles. The van der Waals surface area contributed by atoms with Crippen molar-refractivity contribution in [2.24, 2.45) is 0 Å². The van der Waals surface area contributed by atoms with Crippen molar-refractivity contribution in [3.63, 3.8) is 0 Å². The van der Waals surface area contributed by atoms with Gasteiger partial charge in [-0.1, -0.05) is 0 Å². The first-order chi connectivity index (χ1) is 6.77. The molecule has 15 heavy (non-hydrogen) atoms. The summed E-state index contributed by atoms with van der Waals surface area (Å²) >= 11 is 0. The zero-order valence-corrected chi connectivity index (χ0v) is 9.58. The van der Waals surface area contributed by atoms with Crippen molar-refractivity contribution in [3.8, 4) is 0 Å². The van der Waals surface area contributed by atoms with E-state index in [1.54, 1.807) is 6.92 Å². The molecule has 0 atom stereocenters. The molecular weight excluding hydrogens is 198 g/mol. The predicted molar refractivity (Wildman–Crippen MR) is 53.3 cm³/mol. The highest BCUT2D eigenvalue weighted by Crippen LogP contribution is 2.11. The number of rotatable bonds is 2. The van der Waals surface area contributed by atoms with E-state index in [1.165, 1.54) is 27.7 Å². The maximum absolute atomic E-state index is 11.1. The van der Waals surface area contributed by atoms with Crippen LogP contribution in [0.15, 0.2) is 11.5 Å². The van der Waals surface area contributed by atoms with Gasteiger partial charge in [0.15, 0.2) is 0 Å². The number of imide groups is 1. The molecule has 0 aromatic heterocycles. The molecule has 0 aliphatic heterocycles. The van der Waals surface area contributed by atoms with Gasteiger partial charge in [-0.15, -0.1) is 0 Å². The molecule has 0 radical (unpaired) electrons. The summed E-state index contributed by atoms with van der Waals surface area (Å²) in [5.41, 5.74) is 0.324. The van der Waals surface area contributed by atoms with Gasteiger partial charge in [-0.25, -0.2) is 0 Å². The maximum Gasteiger partial charge on any atom is 0.307 e. The Kier molecular flexibility index (Phi) is 4.70. The molecule has 0 fully saturated rings. The predicted octanol–water partition coefficient (Wildman–Crippen LogP) is 1.20. The minimum absolute atomic E-state index is 0.243. The van der Waals surface area contributed by atoms with Crippen LogP contribution in [0.25, 0.3) is 0 Å². The van der Waals surface area contributed by atoms with Crippen LogP contribution in [0, 0.1) is 0 Å². The maximum atomic E-state index is 11.1. The number of carbonyl (C=O) groups excluding carboxylic acids is 3. The number of ether oxygens (including phenoxy) is 1. The van der Waals surface area contributed by atoms with Crippen molar-refractivity contribution in [3.05, 3.63) is 11.5 Å². The largest absolute Gasteiger partial charge is 0.430 e. The van der Waals surface area contributed by atoms with Crippen LogP contribution in [0.3, 0.4) is 0 Å². The third kappa shape index (κ3) is 3.93. The van der Waals surface area contributed by atoms with Gasteiger partial charge in [-0.2, -0.15) is 0 Å². The number of carbonyl (C=O) groups is 3. The minimum Gasteiger partial charge on any atom is -0.430 e. The summed E-state index contributed by atoms with van der Waals surface area (Å²) in [7, 11) is 0. The summed E-state index contributed by atoms with van der Waals surface area (Å²) in [5, 5.41) is 0. The number of allylic oxidation sites excluding steroid dienone is 2. The van der Waals surface area contributed by atoms with Crippen LogP contribution in [0.5, 0.6) is 0 Å². The molecule has 5 nitrogen and oxygen atoms in total. The Balaban J connectivity index is 5.06. The molecule has 0 aliphatic carbocycles. The van der Waals surface area contributed by atoms with Crippen molar-refractivity contribution in [2.45, 2.75) is 34.6 Å². The standard InChI is InChI=1S/C10H15NO4/c1-6(7(2)15-10(5)14)11(8(3)12)9(4)13/h1-5H3/b7-6-. The van der Waals surface area contributed by atoms with Gasteiger partial charge in [0.25, 0.3) is 0 Å². The number of hydrogen-bond donors (Lipinski definition) is 0. The fourth-order valence-corrected chi connectivity index (χ4v) is 1.14. The Morgan fingerprint density at radius 1 is 0.867 bits per heavy atom. The van der Waals surface area contributed by atoms with Crippen molar-refractivity contribution in [2.75, 3.05) is 0 Å². The minimum atomic E-state index is -0.487. The molecule has 5 heteroatoms. The second-order valence-corrected chi connectivity index (χ2v) is 3.11. The van der Waals surface area contributed by atoms with E-state index in [2.05, 4.69) is 0 Å². The van der Waals surface area contributed by atoms with Crippen molar-refractivity contribution in [1.82, 2.24) is 4.90 Å². The summed E-state index contributed by atoms with van der Waals surface area (Å²) in [4.78, 5) is 33.9. The van der Waals surface area contributed by atoms with Gasteiger partial charge in [0.2, 0.25) is 11.8 Å². The summed E-state index contributed by atoms with van der Waals surface area (Å²) < 4.78 is 4.79. The third-order valence-corrected chi connectivity index (χ3v) is 1.77. The highest BCUT2D eigenvalue weighted by molar-refractivity contribution is 5.95. The lowest BCUT2D eigenvalue weighted by Gasteiger charge is -2.19. The summed E-state index contributed by atoms with van der Waals surface area (Å²) in [6.45, 7) is 6.86. The molecule has 84 valence electrons. The van der Waals surface area contributed by atoms with E-state index in [-0.39, 0.29) is 5.76 Å². The monoisotopic (exact) mass is 213 g/mol. The molecule has 0 saturated carbocycles. The average molecular weight is 213 g/mol. The molecule has 2 amide bonds. The lowest BCUT2D eigenvalue weighted by atomic mass is 10.3. The Bertz CT molecular complexity index is 316. The number of esters is 1. The average Bonchev–Trinajstić information content (AvgIpc) is 2.00. The van der Waals surface area contributed by atoms with Gasteiger partial charge in [0.1, 0.15) is 5.76 Å². The topological polar surface area (TPSA) is 63.7 Å². The Hall–Kier alpha value is -1.65. The number of amides is 2. The molecule has 0 bridgehead atoms. The zero-order valence-electron chi connectivity index (χ0n) is 9.58. The van der Waals surface area contributed by atoms with E-state index in [9.17, 15) is 14.4 Å². The molecule has 0 rings (SSSR count). The zero-order chi connectivity index (χ0) is 12.2. The van der Waals surface area contributed by atoms with E-state index < -0.39 is 17.8 Å². The molecule has 0 spiro atoms. The van der Waals surface area contributed by atoms with Crippen LogP contribution < -0.4 is 0 Å². The van der Waals surface area contributed by atoms with Gasteiger partial charge in [-0.05, 0) is 13.8 Å². The first-order valence-corrected chi connectivity index (χ1v) is 4.44. The van der Waals surface area contributed by atoms with E-state index in [4.69, 9.17) is 4.74 Å². The molecule has 0 aromatic rings.